The third-order valence-corrected chi connectivity index (χ3v) is 2.82. The fourth-order valence-corrected chi connectivity index (χ4v) is 2.22. The van der Waals surface area contributed by atoms with Crippen LogP contribution >= 0.6 is 0 Å². The van der Waals surface area contributed by atoms with Gasteiger partial charge in [0.2, 0.25) is 0 Å². The molecule has 0 aromatic rings. The number of ether oxygens (including phenoxy) is 2. The summed E-state index contributed by atoms with van der Waals surface area (Å²) in [5.41, 5.74) is 0. The molecule has 0 aromatic carbocycles. The van der Waals surface area contributed by atoms with Crippen LogP contribution in [-0.4, -0.2) is 63.5 Å². The van der Waals surface area contributed by atoms with Crippen LogP contribution in [0.3, 0.4) is 0 Å². The Kier molecular flexibility index (Phi) is 6.96. The molecule has 1 N–H and O–H groups in total. The molecule has 1 saturated heterocycles. The quantitative estimate of drug-likeness (QED) is 0.654. The second-order valence-electron chi connectivity index (χ2n) is 4.69. The second-order valence-corrected chi connectivity index (χ2v) is 4.69. The molecule has 2 unspecified atom stereocenters. The lowest BCUT2D eigenvalue weighted by Crippen LogP contribution is -2.54. The lowest BCUT2D eigenvalue weighted by Gasteiger charge is -2.36. The molecule has 1 aliphatic rings. The fourth-order valence-electron chi connectivity index (χ4n) is 2.22. The van der Waals surface area contributed by atoms with Gasteiger partial charge in [-0.05, 0) is 20.3 Å². The molecule has 1 rings (SSSR count). The van der Waals surface area contributed by atoms with Crippen molar-refractivity contribution in [2.75, 3.05) is 46.6 Å². The van der Waals surface area contributed by atoms with Gasteiger partial charge in [-0.2, -0.15) is 0 Å². The predicted molar refractivity (Wildman–Crippen MR) is 65.8 cm³/mol. The van der Waals surface area contributed by atoms with Gasteiger partial charge in [-0.1, -0.05) is 0 Å². The van der Waals surface area contributed by atoms with Gasteiger partial charge >= 0.3 is 0 Å². The zero-order valence-electron chi connectivity index (χ0n) is 10.9. The minimum Gasteiger partial charge on any atom is -0.385 e. The Balaban J connectivity index is 1.99. The van der Waals surface area contributed by atoms with Gasteiger partial charge in [0.05, 0.1) is 6.61 Å². The van der Waals surface area contributed by atoms with Gasteiger partial charge in [-0.3, -0.25) is 4.90 Å². The van der Waals surface area contributed by atoms with Crippen LogP contribution in [0.2, 0.25) is 0 Å². The highest BCUT2D eigenvalue weighted by Gasteiger charge is 2.19. The highest BCUT2D eigenvalue weighted by atomic mass is 16.5. The van der Waals surface area contributed by atoms with Gasteiger partial charge in [-0.25, -0.2) is 0 Å². The molecule has 4 heteroatoms. The summed E-state index contributed by atoms with van der Waals surface area (Å²) in [4.78, 5) is 2.47. The van der Waals surface area contributed by atoms with E-state index in [1.165, 1.54) is 0 Å². The fraction of sp³-hybridized carbons (Fsp3) is 1.00. The van der Waals surface area contributed by atoms with Gasteiger partial charge in [0.1, 0.15) is 0 Å². The molecule has 96 valence electrons. The highest BCUT2D eigenvalue weighted by molar-refractivity contribution is 4.80. The molecule has 4 nitrogen and oxygen atoms in total. The van der Waals surface area contributed by atoms with Crippen LogP contribution in [-0.2, 0) is 9.47 Å². The first kappa shape index (κ1) is 13.9. The average molecular weight is 230 g/mol. The number of methoxy groups -OCH3 is 1. The summed E-state index contributed by atoms with van der Waals surface area (Å²) in [5.74, 6) is 0. The summed E-state index contributed by atoms with van der Waals surface area (Å²) in [7, 11) is 1.73. The van der Waals surface area contributed by atoms with Crippen LogP contribution in [0.4, 0.5) is 0 Å². The summed E-state index contributed by atoms with van der Waals surface area (Å²) >= 11 is 0. The Hall–Kier alpha value is -0.160. The van der Waals surface area contributed by atoms with Crippen molar-refractivity contribution < 1.29 is 9.47 Å². The molecule has 0 aromatic heterocycles. The van der Waals surface area contributed by atoms with E-state index in [0.717, 1.165) is 45.9 Å². The average Bonchev–Trinajstić information content (AvgIpc) is 2.22. The Morgan fingerprint density at radius 2 is 1.81 bits per heavy atom. The van der Waals surface area contributed by atoms with Crippen molar-refractivity contribution in [1.82, 2.24) is 10.2 Å². The van der Waals surface area contributed by atoms with E-state index < -0.39 is 0 Å². The standard InChI is InChI=1S/C12H26N2O2/c1-11-9-14(10-12(2)13-11)5-8-16-7-4-6-15-3/h11-13H,4-10H2,1-3H3. The van der Waals surface area contributed by atoms with E-state index in [9.17, 15) is 0 Å². The zero-order valence-corrected chi connectivity index (χ0v) is 10.9. The maximum Gasteiger partial charge on any atom is 0.0593 e. The Bertz CT molecular complexity index is 168. The first-order valence-electron chi connectivity index (χ1n) is 6.27. The normalized spacial score (nSPS) is 27.2. The van der Waals surface area contributed by atoms with Crippen molar-refractivity contribution in [3.63, 3.8) is 0 Å². The minimum atomic E-state index is 0.595. The van der Waals surface area contributed by atoms with Crippen LogP contribution < -0.4 is 5.32 Å². The van der Waals surface area contributed by atoms with Crippen molar-refractivity contribution in [1.29, 1.82) is 0 Å². The molecule has 0 bridgehead atoms. The molecule has 0 amide bonds. The number of piperazine rings is 1. The Morgan fingerprint density at radius 1 is 1.12 bits per heavy atom. The number of hydrogen-bond donors (Lipinski definition) is 1. The SMILES string of the molecule is COCCCOCCN1CC(C)NC(C)C1. The van der Waals surface area contributed by atoms with E-state index in [2.05, 4.69) is 24.1 Å². The Morgan fingerprint density at radius 3 is 2.44 bits per heavy atom. The topological polar surface area (TPSA) is 33.7 Å². The molecule has 2 atom stereocenters. The third-order valence-electron chi connectivity index (χ3n) is 2.82. The smallest absolute Gasteiger partial charge is 0.0593 e. The summed E-state index contributed by atoms with van der Waals surface area (Å²) in [5, 5.41) is 3.53. The first-order valence-corrected chi connectivity index (χ1v) is 6.27. The molecule has 0 aliphatic carbocycles. The first-order chi connectivity index (χ1) is 7.72. The number of rotatable bonds is 7. The van der Waals surface area contributed by atoms with E-state index in [-0.39, 0.29) is 0 Å². The maximum atomic E-state index is 5.57. The lowest BCUT2D eigenvalue weighted by atomic mass is 10.1. The lowest BCUT2D eigenvalue weighted by molar-refractivity contribution is 0.0715. The molecule has 16 heavy (non-hydrogen) atoms. The molecule has 1 heterocycles. The van der Waals surface area contributed by atoms with Crippen molar-refractivity contribution in [3.05, 3.63) is 0 Å². The summed E-state index contributed by atoms with van der Waals surface area (Å²) in [6.07, 6.45) is 0.991. The van der Waals surface area contributed by atoms with Gasteiger partial charge in [0.15, 0.2) is 0 Å². The number of nitrogens with one attached hydrogen (secondary N) is 1. The maximum absolute atomic E-state index is 5.57. The number of hydrogen-bond acceptors (Lipinski definition) is 4. The van der Waals surface area contributed by atoms with E-state index in [1.807, 2.05) is 0 Å². The van der Waals surface area contributed by atoms with Crippen LogP contribution in [0.1, 0.15) is 20.3 Å². The minimum absolute atomic E-state index is 0.595. The van der Waals surface area contributed by atoms with Gasteiger partial charge in [-0.15, -0.1) is 0 Å². The molecule has 1 fully saturated rings. The van der Waals surface area contributed by atoms with Crippen LogP contribution in [0.25, 0.3) is 0 Å². The van der Waals surface area contributed by atoms with Gasteiger partial charge in [0, 0.05) is 52.0 Å². The molecular formula is C12H26N2O2. The monoisotopic (exact) mass is 230 g/mol. The van der Waals surface area contributed by atoms with Crippen molar-refractivity contribution in [2.45, 2.75) is 32.4 Å². The summed E-state index contributed by atoms with van der Waals surface area (Å²) in [6.45, 7) is 10.2. The third kappa shape index (κ3) is 5.80. The van der Waals surface area contributed by atoms with E-state index in [4.69, 9.17) is 9.47 Å². The Labute approximate surface area is 99.3 Å². The van der Waals surface area contributed by atoms with Crippen LogP contribution in [0, 0.1) is 0 Å². The van der Waals surface area contributed by atoms with E-state index in [0.29, 0.717) is 12.1 Å². The largest absolute Gasteiger partial charge is 0.385 e. The molecule has 0 radical (unpaired) electrons. The molecule has 0 spiro atoms. The zero-order chi connectivity index (χ0) is 11.8. The molecule has 0 saturated carbocycles. The summed E-state index contributed by atoms with van der Waals surface area (Å²) in [6, 6.07) is 1.19. The van der Waals surface area contributed by atoms with Crippen molar-refractivity contribution in [3.8, 4) is 0 Å². The molecule has 1 aliphatic heterocycles. The van der Waals surface area contributed by atoms with E-state index >= 15 is 0 Å². The van der Waals surface area contributed by atoms with Gasteiger partial charge < -0.3 is 14.8 Å². The van der Waals surface area contributed by atoms with Gasteiger partial charge in [0.25, 0.3) is 0 Å². The number of nitrogens with zero attached hydrogens (tertiary/aromatic N) is 1. The van der Waals surface area contributed by atoms with Crippen molar-refractivity contribution in [2.24, 2.45) is 0 Å². The van der Waals surface area contributed by atoms with Crippen molar-refractivity contribution >= 4 is 0 Å². The molecular weight excluding hydrogens is 204 g/mol. The van der Waals surface area contributed by atoms with E-state index in [1.54, 1.807) is 7.11 Å². The predicted octanol–water partition coefficient (Wildman–Crippen LogP) is 0.722. The van der Waals surface area contributed by atoms with Crippen LogP contribution in [0.5, 0.6) is 0 Å². The summed E-state index contributed by atoms with van der Waals surface area (Å²) < 4.78 is 10.5. The highest BCUT2D eigenvalue weighted by Crippen LogP contribution is 2.03. The van der Waals surface area contributed by atoms with Crippen LogP contribution in [0.15, 0.2) is 0 Å². The second kappa shape index (κ2) is 8.01.